The quantitative estimate of drug-likeness (QED) is 0.778. The van der Waals surface area contributed by atoms with Crippen molar-refractivity contribution in [1.82, 2.24) is 0 Å². The lowest BCUT2D eigenvalue weighted by atomic mass is 10.2. The zero-order chi connectivity index (χ0) is 8.97. The molecule has 0 amide bonds. The van der Waals surface area contributed by atoms with Crippen LogP contribution in [0.15, 0.2) is 41.4 Å². The van der Waals surface area contributed by atoms with Crippen molar-refractivity contribution in [2.45, 2.75) is 13.0 Å². The summed E-state index contributed by atoms with van der Waals surface area (Å²) >= 11 is 3.38. The fourth-order valence-corrected chi connectivity index (χ4v) is 1.13. The van der Waals surface area contributed by atoms with Gasteiger partial charge in [0.05, 0.1) is 0 Å². The Morgan fingerprint density at radius 3 is 2.50 bits per heavy atom. The molecule has 1 atom stereocenters. The minimum atomic E-state index is 0.311. The molecule has 0 fully saturated rings. The summed E-state index contributed by atoms with van der Waals surface area (Å²) in [5.41, 5.74) is 1.12. The Morgan fingerprint density at radius 1 is 1.42 bits per heavy atom. The van der Waals surface area contributed by atoms with Gasteiger partial charge in [-0.1, -0.05) is 22.0 Å². The normalized spacial score (nSPS) is 12.2. The maximum Gasteiger partial charge on any atom is 0.0413 e. The van der Waals surface area contributed by atoms with Crippen molar-refractivity contribution in [3.8, 4) is 0 Å². The van der Waals surface area contributed by atoms with Gasteiger partial charge in [0.1, 0.15) is 0 Å². The Balaban J connectivity index is 2.64. The molecule has 0 saturated carbocycles. The minimum Gasteiger partial charge on any atom is -0.379 e. The molecule has 0 radical (unpaired) electrons. The molecule has 1 aromatic rings. The molecule has 0 spiro atoms. The average molecular weight is 226 g/mol. The second kappa shape index (κ2) is 4.31. The number of anilines is 1. The van der Waals surface area contributed by atoms with Crippen molar-refractivity contribution in [2.75, 3.05) is 5.32 Å². The van der Waals surface area contributed by atoms with Crippen molar-refractivity contribution in [3.63, 3.8) is 0 Å². The molecule has 0 aliphatic carbocycles. The van der Waals surface area contributed by atoms with Crippen LogP contribution in [0.2, 0.25) is 0 Å². The lowest BCUT2D eigenvalue weighted by Gasteiger charge is -2.10. The van der Waals surface area contributed by atoms with E-state index < -0.39 is 0 Å². The molecule has 0 saturated heterocycles. The summed E-state index contributed by atoms with van der Waals surface area (Å²) in [6.07, 6.45) is 1.88. The van der Waals surface area contributed by atoms with Crippen molar-refractivity contribution < 1.29 is 0 Å². The van der Waals surface area contributed by atoms with Crippen LogP contribution in [0.5, 0.6) is 0 Å². The second-order valence-electron chi connectivity index (χ2n) is 2.68. The molecular weight excluding hydrogens is 214 g/mol. The summed E-state index contributed by atoms with van der Waals surface area (Å²) in [7, 11) is 0. The monoisotopic (exact) mass is 225 g/mol. The van der Waals surface area contributed by atoms with Crippen LogP contribution in [0, 0.1) is 0 Å². The molecule has 0 heterocycles. The lowest BCUT2D eigenvalue weighted by Crippen LogP contribution is -2.10. The van der Waals surface area contributed by atoms with Crippen LogP contribution in [0.25, 0.3) is 0 Å². The van der Waals surface area contributed by atoms with Crippen LogP contribution in [-0.2, 0) is 0 Å². The van der Waals surface area contributed by atoms with Gasteiger partial charge >= 0.3 is 0 Å². The zero-order valence-electron chi connectivity index (χ0n) is 7.05. The van der Waals surface area contributed by atoms with Gasteiger partial charge < -0.3 is 5.32 Å². The summed E-state index contributed by atoms with van der Waals surface area (Å²) in [4.78, 5) is 0. The molecule has 0 bridgehead atoms. The van der Waals surface area contributed by atoms with E-state index in [-0.39, 0.29) is 0 Å². The maximum absolute atomic E-state index is 3.70. The van der Waals surface area contributed by atoms with Crippen molar-refractivity contribution in [1.29, 1.82) is 0 Å². The first kappa shape index (κ1) is 9.33. The standard InChI is InChI=1S/C10H12BrN/c1-3-8(2)12-10-6-4-9(11)5-7-10/h3-8,12H,1H2,2H3. The van der Waals surface area contributed by atoms with Gasteiger partial charge in [-0.05, 0) is 31.2 Å². The van der Waals surface area contributed by atoms with Crippen LogP contribution in [0.4, 0.5) is 5.69 Å². The average Bonchev–Trinajstić information content (AvgIpc) is 2.09. The van der Waals surface area contributed by atoms with Crippen LogP contribution >= 0.6 is 15.9 Å². The molecule has 1 nitrogen and oxygen atoms in total. The highest BCUT2D eigenvalue weighted by molar-refractivity contribution is 9.10. The third kappa shape index (κ3) is 2.70. The molecule has 1 N–H and O–H groups in total. The Morgan fingerprint density at radius 2 is 2.00 bits per heavy atom. The number of hydrogen-bond acceptors (Lipinski definition) is 1. The van der Waals surface area contributed by atoms with Crippen molar-refractivity contribution in [2.24, 2.45) is 0 Å². The molecule has 2 heteroatoms. The molecular formula is C10H12BrN. The first-order chi connectivity index (χ1) is 5.72. The van der Waals surface area contributed by atoms with Gasteiger partial charge in [0.25, 0.3) is 0 Å². The molecule has 0 aliphatic rings. The second-order valence-corrected chi connectivity index (χ2v) is 3.59. The maximum atomic E-state index is 3.70. The molecule has 64 valence electrons. The zero-order valence-corrected chi connectivity index (χ0v) is 8.64. The molecule has 0 aliphatic heterocycles. The summed E-state index contributed by atoms with van der Waals surface area (Å²) in [5.74, 6) is 0. The van der Waals surface area contributed by atoms with Gasteiger partial charge in [0.15, 0.2) is 0 Å². The molecule has 0 aromatic heterocycles. The molecule has 1 aromatic carbocycles. The van der Waals surface area contributed by atoms with Crippen LogP contribution in [-0.4, -0.2) is 6.04 Å². The topological polar surface area (TPSA) is 12.0 Å². The van der Waals surface area contributed by atoms with Gasteiger partial charge in [0, 0.05) is 16.2 Å². The van der Waals surface area contributed by atoms with Crippen LogP contribution < -0.4 is 5.32 Å². The van der Waals surface area contributed by atoms with Gasteiger partial charge in [-0.25, -0.2) is 0 Å². The Bertz CT molecular complexity index is 253. The highest BCUT2D eigenvalue weighted by Gasteiger charge is 1.95. The first-order valence-corrected chi connectivity index (χ1v) is 4.66. The lowest BCUT2D eigenvalue weighted by molar-refractivity contribution is 1.00. The van der Waals surface area contributed by atoms with E-state index in [2.05, 4.69) is 34.7 Å². The fourth-order valence-electron chi connectivity index (χ4n) is 0.868. The largest absolute Gasteiger partial charge is 0.379 e. The van der Waals surface area contributed by atoms with E-state index in [9.17, 15) is 0 Å². The number of benzene rings is 1. The van der Waals surface area contributed by atoms with Gasteiger partial charge in [-0.15, -0.1) is 6.58 Å². The molecule has 12 heavy (non-hydrogen) atoms. The van der Waals surface area contributed by atoms with E-state index in [0.29, 0.717) is 6.04 Å². The van der Waals surface area contributed by atoms with E-state index in [0.717, 1.165) is 10.2 Å². The highest BCUT2D eigenvalue weighted by atomic mass is 79.9. The van der Waals surface area contributed by atoms with E-state index in [1.165, 1.54) is 0 Å². The van der Waals surface area contributed by atoms with Crippen molar-refractivity contribution >= 4 is 21.6 Å². The van der Waals surface area contributed by atoms with Gasteiger partial charge in [-0.2, -0.15) is 0 Å². The van der Waals surface area contributed by atoms with Crippen LogP contribution in [0.1, 0.15) is 6.92 Å². The highest BCUT2D eigenvalue weighted by Crippen LogP contribution is 2.14. The number of halogens is 1. The number of hydrogen-bond donors (Lipinski definition) is 1. The first-order valence-electron chi connectivity index (χ1n) is 3.87. The Hall–Kier alpha value is -0.760. The Labute approximate surface area is 81.6 Å². The predicted molar refractivity (Wildman–Crippen MR) is 57.4 cm³/mol. The smallest absolute Gasteiger partial charge is 0.0413 e. The van der Waals surface area contributed by atoms with E-state index >= 15 is 0 Å². The van der Waals surface area contributed by atoms with Gasteiger partial charge in [-0.3, -0.25) is 0 Å². The molecule has 1 unspecified atom stereocenters. The van der Waals surface area contributed by atoms with E-state index in [1.807, 2.05) is 30.3 Å². The summed E-state index contributed by atoms with van der Waals surface area (Å²) < 4.78 is 1.10. The third-order valence-electron chi connectivity index (χ3n) is 1.59. The van der Waals surface area contributed by atoms with E-state index in [1.54, 1.807) is 0 Å². The number of nitrogens with one attached hydrogen (secondary N) is 1. The van der Waals surface area contributed by atoms with Crippen molar-refractivity contribution in [3.05, 3.63) is 41.4 Å². The number of rotatable bonds is 3. The minimum absolute atomic E-state index is 0.311. The third-order valence-corrected chi connectivity index (χ3v) is 2.12. The van der Waals surface area contributed by atoms with E-state index in [4.69, 9.17) is 0 Å². The summed E-state index contributed by atoms with van der Waals surface area (Å²) in [6.45, 7) is 5.77. The van der Waals surface area contributed by atoms with Crippen LogP contribution in [0.3, 0.4) is 0 Å². The SMILES string of the molecule is C=CC(C)Nc1ccc(Br)cc1. The Kier molecular flexibility index (Phi) is 3.35. The molecule has 1 rings (SSSR count). The predicted octanol–water partition coefficient (Wildman–Crippen LogP) is 3.44. The fraction of sp³-hybridized carbons (Fsp3) is 0.200. The summed E-state index contributed by atoms with van der Waals surface area (Å²) in [5, 5.41) is 3.28. The van der Waals surface area contributed by atoms with Gasteiger partial charge in [0.2, 0.25) is 0 Å². The summed E-state index contributed by atoms with van der Waals surface area (Å²) in [6, 6.07) is 8.40.